The lowest BCUT2D eigenvalue weighted by Crippen LogP contribution is -2.30. The minimum Gasteiger partial charge on any atom is -0.337 e. The van der Waals surface area contributed by atoms with Gasteiger partial charge in [-0.1, -0.05) is 6.07 Å². The fraction of sp³-hybridized carbons (Fsp3) is 0.263. The number of carbonyl (C=O) groups excluding carboxylic acids is 1. The molecule has 7 heteroatoms. The molecule has 0 radical (unpaired) electrons. The second kappa shape index (κ2) is 8.24. The summed E-state index contributed by atoms with van der Waals surface area (Å²) in [5, 5.41) is 10.0. The van der Waals surface area contributed by atoms with Gasteiger partial charge in [-0.2, -0.15) is 5.10 Å². The van der Waals surface area contributed by atoms with E-state index >= 15 is 0 Å². The van der Waals surface area contributed by atoms with Gasteiger partial charge in [0, 0.05) is 49.4 Å². The fourth-order valence-corrected chi connectivity index (χ4v) is 2.47. The maximum absolute atomic E-state index is 12.1. The van der Waals surface area contributed by atoms with Crippen molar-refractivity contribution in [2.75, 3.05) is 11.9 Å². The number of pyridine rings is 2. The average molecular weight is 350 g/mol. The van der Waals surface area contributed by atoms with Crippen molar-refractivity contribution in [1.29, 1.82) is 0 Å². The highest BCUT2D eigenvalue weighted by atomic mass is 16.2. The number of rotatable bonds is 6. The molecule has 26 heavy (non-hydrogen) atoms. The van der Waals surface area contributed by atoms with E-state index in [9.17, 15) is 4.79 Å². The van der Waals surface area contributed by atoms with Crippen molar-refractivity contribution >= 4 is 11.8 Å². The lowest BCUT2D eigenvalue weighted by Gasteiger charge is -2.08. The number of nitrogens with zero attached hydrogens (tertiary/aromatic N) is 4. The van der Waals surface area contributed by atoms with E-state index in [0.29, 0.717) is 24.8 Å². The zero-order valence-electron chi connectivity index (χ0n) is 14.9. The SMILES string of the molecule is CC(C)n1ccc(CCNC(=O)Nc2cc(-c3cccnc3)ccn2)n1. The molecule has 3 aromatic heterocycles. The van der Waals surface area contributed by atoms with Gasteiger partial charge < -0.3 is 5.32 Å². The zero-order valence-corrected chi connectivity index (χ0v) is 14.9. The molecule has 3 aromatic rings. The molecule has 0 saturated carbocycles. The van der Waals surface area contributed by atoms with Crippen molar-refractivity contribution in [3.8, 4) is 11.1 Å². The van der Waals surface area contributed by atoms with Crippen molar-refractivity contribution in [3.63, 3.8) is 0 Å². The number of carbonyl (C=O) groups is 1. The first-order chi connectivity index (χ1) is 12.6. The molecule has 0 saturated heterocycles. The number of hydrogen-bond donors (Lipinski definition) is 2. The van der Waals surface area contributed by atoms with Crippen LogP contribution in [0.25, 0.3) is 11.1 Å². The molecule has 3 heterocycles. The van der Waals surface area contributed by atoms with Gasteiger partial charge in [-0.25, -0.2) is 9.78 Å². The predicted molar refractivity (Wildman–Crippen MR) is 101 cm³/mol. The maximum atomic E-state index is 12.1. The third kappa shape index (κ3) is 4.66. The minimum absolute atomic E-state index is 0.288. The number of nitrogens with one attached hydrogen (secondary N) is 2. The summed E-state index contributed by atoms with van der Waals surface area (Å²) < 4.78 is 1.91. The zero-order chi connectivity index (χ0) is 18.4. The van der Waals surface area contributed by atoms with E-state index in [1.54, 1.807) is 18.6 Å². The van der Waals surface area contributed by atoms with E-state index in [-0.39, 0.29) is 6.03 Å². The Bertz CT molecular complexity index is 859. The third-order valence-corrected chi connectivity index (χ3v) is 3.86. The highest BCUT2D eigenvalue weighted by molar-refractivity contribution is 5.88. The Kier molecular flexibility index (Phi) is 5.58. The molecular formula is C19H22N6O. The summed E-state index contributed by atoms with van der Waals surface area (Å²) in [5.74, 6) is 0.493. The van der Waals surface area contributed by atoms with Gasteiger partial charge in [-0.3, -0.25) is 15.0 Å². The predicted octanol–water partition coefficient (Wildman–Crippen LogP) is 3.29. The van der Waals surface area contributed by atoms with Crippen LogP contribution < -0.4 is 10.6 Å². The fourth-order valence-electron chi connectivity index (χ4n) is 2.47. The molecule has 0 fully saturated rings. The molecule has 0 bridgehead atoms. The summed E-state index contributed by atoms with van der Waals surface area (Å²) in [4.78, 5) is 20.4. The lowest BCUT2D eigenvalue weighted by molar-refractivity contribution is 0.252. The van der Waals surface area contributed by atoms with Crippen molar-refractivity contribution in [2.45, 2.75) is 26.3 Å². The number of amides is 2. The normalized spacial score (nSPS) is 10.7. The van der Waals surface area contributed by atoms with E-state index in [0.717, 1.165) is 16.8 Å². The largest absolute Gasteiger partial charge is 0.337 e. The van der Waals surface area contributed by atoms with Crippen LogP contribution in [-0.4, -0.2) is 32.3 Å². The molecule has 0 atom stereocenters. The topological polar surface area (TPSA) is 84.7 Å². The highest BCUT2D eigenvalue weighted by Crippen LogP contribution is 2.19. The molecule has 0 aliphatic rings. The van der Waals surface area contributed by atoms with Gasteiger partial charge in [0.2, 0.25) is 0 Å². The molecule has 0 unspecified atom stereocenters. The molecule has 0 aromatic carbocycles. The number of anilines is 1. The number of urea groups is 1. The van der Waals surface area contributed by atoms with E-state index in [4.69, 9.17) is 0 Å². The van der Waals surface area contributed by atoms with Crippen LogP contribution in [-0.2, 0) is 6.42 Å². The van der Waals surface area contributed by atoms with Gasteiger partial charge in [0.15, 0.2) is 0 Å². The quantitative estimate of drug-likeness (QED) is 0.714. The first-order valence-electron chi connectivity index (χ1n) is 8.57. The van der Waals surface area contributed by atoms with E-state index in [1.165, 1.54) is 0 Å². The van der Waals surface area contributed by atoms with Crippen molar-refractivity contribution in [3.05, 3.63) is 60.8 Å². The number of aromatic nitrogens is 4. The van der Waals surface area contributed by atoms with Gasteiger partial charge in [0.25, 0.3) is 0 Å². The molecule has 3 rings (SSSR count). The van der Waals surface area contributed by atoms with Gasteiger partial charge in [0.05, 0.1) is 5.69 Å². The summed E-state index contributed by atoms with van der Waals surface area (Å²) in [6.45, 7) is 4.66. The molecule has 0 aliphatic heterocycles. The van der Waals surface area contributed by atoms with Gasteiger partial charge >= 0.3 is 6.03 Å². The Balaban J connectivity index is 1.52. The maximum Gasteiger partial charge on any atom is 0.320 e. The monoisotopic (exact) mass is 350 g/mol. The van der Waals surface area contributed by atoms with Crippen LogP contribution in [0.2, 0.25) is 0 Å². The molecule has 7 nitrogen and oxygen atoms in total. The van der Waals surface area contributed by atoms with Crippen LogP contribution in [0.15, 0.2) is 55.1 Å². The van der Waals surface area contributed by atoms with Crippen LogP contribution in [0.5, 0.6) is 0 Å². The lowest BCUT2D eigenvalue weighted by atomic mass is 10.1. The van der Waals surface area contributed by atoms with Crippen molar-refractivity contribution in [2.24, 2.45) is 0 Å². The van der Waals surface area contributed by atoms with Crippen LogP contribution >= 0.6 is 0 Å². The van der Waals surface area contributed by atoms with Crippen molar-refractivity contribution in [1.82, 2.24) is 25.1 Å². The Labute approximate surface area is 152 Å². The minimum atomic E-state index is -0.288. The second-order valence-electron chi connectivity index (χ2n) is 6.18. The summed E-state index contributed by atoms with van der Waals surface area (Å²) in [5.41, 5.74) is 2.87. The highest BCUT2D eigenvalue weighted by Gasteiger charge is 2.06. The van der Waals surface area contributed by atoms with Crippen LogP contribution in [0.3, 0.4) is 0 Å². The van der Waals surface area contributed by atoms with Crippen molar-refractivity contribution < 1.29 is 4.79 Å². The van der Waals surface area contributed by atoms with Crippen LogP contribution in [0.1, 0.15) is 25.6 Å². The molecule has 0 spiro atoms. The first kappa shape index (κ1) is 17.6. The molecule has 0 aliphatic carbocycles. The van der Waals surface area contributed by atoms with Crippen LogP contribution in [0.4, 0.5) is 10.6 Å². The number of hydrogen-bond acceptors (Lipinski definition) is 4. The molecule has 2 N–H and O–H groups in total. The van der Waals surface area contributed by atoms with Gasteiger partial charge in [-0.15, -0.1) is 0 Å². The van der Waals surface area contributed by atoms with E-state index in [2.05, 4.69) is 39.5 Å². The second-order valence-corrected chi connectivity index (χ2v) is 6.18. The molecule has 2 amide bonds. The summed E-state index contributed by atoms with van der Waals surface area (Å²) in [6, 6.07) is 9.55. The Morgan fingerprint density at radius 3 is 2.81 bits per heavy atom. The molecular weight excluding hydrogens is 328 g/mol. The average Bonchev–Trinajstić information content (AvgIpc) is 3.12. The van der Waals surface area contributed by atoms with E-state index in [1.807, 2.05) is 41.2 Å². The van der Waals surface area contributed by atoms with Gasteiger partial charge in [-0.05, 0) is 43.7 Å². The molecule has 134 valence electrons. The Hall–Kier alpha value is -3.22. The third-order valence-electron chi connectivity index (χ3n) is 3.86. The Morgan fingerprint density at radius 1 is 1.19 bits per heavy atom. The first-order valence-corrected chi connectivity index (χ1v) is 8.57. The standard InChI is InChI=1S/C19H22N6O/c1-14(2)25-11-7-17(24-25)6-10-22-19(26)23-18-12-15(5-9-21-18)16-4-3-8-20-13-16/h3-5,7-9,11-14H,6,10H2,1-2H3,(H2,21,22,23,26). The van der Waals surface area contributed by atoms with Gasteiger partial charge in [0.1, 0.15) is 5.82 Å². The Morgan fingerprint density at radius 2 is 2.08 bits per heavy atom. The van der Waals surface area contributed by atoms with Crippen LogP contribution in [0, 0.1) is 0 Å². The smallest absolute Gasteiger partial charge is 0.320 e. The van der Waals surface area contributed by atoms with E-state index < -0.39 is 0 Å². The summed E-state index contributed by atoms with van der Waals surface area (Å²) in [6.07, 6.45) is 7.79. The summed E-state index contributed by atoms with van der Waals surface area (Å²) >= 11 is 0. The summed E-state index contributed by atoms with van der Waals surface area (Å²) in [7, 11) is 0.